The highest BCUT2D eigenvalue weighted by Gasteiger charge is 2.16. The number of thiophene rings is 1. The quantitative estimate of drug-likeness (QED) is 0.171. The standard InChI is InChI=1S/C46H28N4S/c1-3-10-40-38(9-1)44-39(17-16-37-36-8-2-4-11-43(36)51-46(37)44)45(50-40)32-14-12-29(13-15-32)33-6-5-7-34(26-33)35-27-41(30-18-22-47-23-19-30)49-42(28-35)31-20-24-48-25-21-31/h1-28H. The van der Waals surface area contributed by atoms with E-state index in [0.29, 0.717) is 0 Å². The predicted molar refractivity (Wildman–Crippen MR) is 213 cm³/mol. The zero-order chi connectivity index (χ0) is 33.7. The first-order chi connectivity index (χ1) is 25.3. The Balaban J connectivity index is 1.07. The third-order valence-corrected chi connectivity index (χ3v) is 10.9. The fourth-order valence-corrected chi connectivity index (χ4v) is 8.44. The summed E-state index contributed by atoms with van der Waals surface area (Å²) in [5.41, 5.74) is 11.5. The van der Waals surface area contributed by atoms with Gasteiger partial charge in [-0.3, -0.25) is 9.97 Å². The van der Waals surface area contributed by atoms with Crippen molar-refractivity contribution in [1.29, 1.82) is 0 Å². The topological polar surface area (TPSA) is 51.6 Å². The Kier molecular flexibility index (Phi) is 6.96. The first-order valence-corrected chi connectivity index (χ1v) is 17.8. The maximum absolute atomic E-state index is 5.25. The highest BCUT2D eigenvalue weighted by atomic mass is 32.1. The van der Waals surface area contributed by atoms with Crippen LogP contribution in [-0.4, -0.2) is 19.9 Å². The molecule has 0 saturated carbocycles. The van der Waals surface area contributed by atoms with E-state index >= 15 is 0 Å². The second-order valence-electron chi connectivity index (χ2n) is 12.7. The molecule has 5 aromatic heterocycles. The van der Waals surface area contributed by atoms with E-state index in [9.17, 15) is 0 Å². The minimum atomic E-state index is 0.902. The van der Waals surface area contributed by atoms with E-state index in [2.05, 4.69) is 131 Å². The van der Waals surface area contributed by atoms with Crippen LogP contribution < -0.4 is 0 Å². The Morgan fingerprint density at radius 1 is 0.373 bits per heavy atom. The number of aromatic nitrogens is 4. The number of pyridine rings is 4. The summed E-state index contributed by atoms with van der Waals surface area (Å²) in [4.78, 5) is 18.7. The maximum atomic E-state index is 5.25. The summed E-state index contributed by atoms with van der Waals surface area (Å²) in [6.07, 6.45) is 7.23. The SMILES string of the molecule is c1cc(-c2ccc(-c3nc4ccccc4c4c3ccc3c5ccccc5sc34)cc2)cc(-c2cc(-c3ccncc3)nc(-c3ccncc3)c2)c1. The lowest BCUT2D eigenvalue weighted by Gasteiger charge is -2.13. The highest BCUT2D eigenvalue weighted by molar-refractivity contribution is 7.26. The number of nitrogens with zero attached hydrogens (tertiary/aromatic N) is 4. The van der Waals surface area contributed by atoms with Crippen LogP contribution in [0.3, 0.4) is 0 Å². The van der Waals surface area contributed by atoms with Gasteiger partial charge in [-0.05, 0) is 76.9 Å². The van der Waals surface area contributed by atoms with Gasteiger partial charge in [0, 0.05) is 77.8 Å². The fraction of sp³-hybridized carbons (Fsp3) is 0. The molecule has 0 unspecified atom stereocenters. The van der Waals surface area contributed by atoms with Gasteiger partial charge in [-0.15, -0.1) is 11.3 Å². The van der Waals surface area contributed by atoms with Crippen LogP contribution in [0.1, 0.15) is 0 Å². The van der Waals surface area contributed by atoms with Gasteiger partial charge in [0.05, 0.1) is 22.6 Å². The zero-order valence-electron chi connectivity index (χ0n) is 27.4. The lowest BCUT2D eigenvalue weighted by Crippen LogP contribution is -1.92. The maximum Gasteiger partial charge on any atom is 0.0788 e. The van der Waals surface area contributed by atoms with Crippen LogP contribution in [0.2, 0.25) is 0 Å². The first kappa shape index (κ1) is 29.4. The van der Waals surface area contributed by atoms with Crippen LogP contribution in [0.4, 0.5) is 0 Å². The lowest BCUT2D eigenvalue weighted by atomic mass is 9.95. The number of para-hydroxylation sites is 1. The molecule has 0 radical (unpaired) electrons. The average molecular weight is 669 g/mol. The first-order valence-electron chi connectivity index (χ1n) is 16.9. The number of benzene rings is 5. The van der Waals surface area contributed by atoms with Gasteiger partial charge in [-0.2, -0.15) is 0 Å². The predicted octanol–water partition coefficient (Wildman–Crippen LogP) is 12.3. The van der Waals surface area contributed by atoms with Crippen molar-refractivity contribution in [2.24, 2.45) is 0 Å². The molecule has 0 fully saturated rings. The minimum Gasteiger partial charge on any atom is -0.265 e. The molecule has 5 heteroatoms. The number of fused-ring (bicyclic) bond motifs is 7. The molecule has 238 valence electrons. The molecular formula is C46H28N4S. The van der Waals surface area contributed by atoms with E-state index in [1.54, 1.807) is 24.8 Å². The van der Waals surface area contributed by atoms with Gasteiger partial charge in [0.2, 0.25) is 0 Å². The Labute approximate surface area is 298 Å². The van der Waals surface area contributed by atoms with Crippen molar-refractivity contribution in [3.05, 3.63) is 170 Å². The van der Waals surface area contributed by atoms with Crippen molar-refractivity contribution >= 4 is 53.2 Å². The monoisotopic (exact) mass is 668 g/mol. The summed E-state index contributed by atoms with van der Waals surface area (Å²) in [7, 11) is 0. The van der Waals surface area contributed by atoms with Crippen molar-refractivity contribution < 1.29 is 0 Å². The van der Waals surface area contributed by atoms with Crippen LogP contribution in [0.5, 0.6) is 0 Å². The van der Waals surface area contributed by atoms with Gasteiger partial charge >= 0.3 is 0 Å². The fourth-order valence-electron chi connectivity index (χ4n) is 7.17. The normalized spacial score (nSPS) is 11.5. The van der Waals surface area contributed by atoms with E-state index in [4.69, 9.17) is 9.97 Å². The molecule has 5 aromatic carbocycles. The second kappa shape index (κ2) is 12.1. The summed E-state index contributed by atoms with van der Waals surface area (Å²) < 4.78 is 2.63. The molecule has 10 rings (SSSR count). The molecule has 0 spiro atoms. The van der Waals surface area contributed by atoms with Gasteiger partial charge < -0.3 is 0 Å². The van der Waals surface area contributed by atoms with Gasteiger partial charge in [0.1, 0.15) is 0 Å². The molecule has 0 aliphatic carbocycles. The molecule has 0 aliphatic rings. The minimum absolute atomic E-state index is 0.902. The zero-order valence-corrected chi connectivity index (χ0v) is 28.2. The van der Waals surface area contributed by atoms with E-state index in [0.717, 1.165) is 61.5 Å². The molecular weight excluding hydrogens is 641 g/mol. The Morgan fingerprint density at radius 3 is 1.71 bits per heavy atom. The lowest BCUT2D eigenvalue weighted by molar-refractivity contribution is 1.27. The summed E-state index contributed by atoms with van der Waals surface area (Å²) in [6.45, 7) is 0. The van der Waals surface area contributed by atoms with Crippen molar-refractivity contribution in [3.8, 4) is 56.0 Å². The van der Waals surface area contributed by atoms with Crippen LogP contribution >= 0.6 is 11.3 Å². The van der Waals surface area contributed by atoms with Crippen LogP contribution in [0, 0.1) is 0 Å². The summed E-state index contributed by atoms with van der Waals surface area (Å²) in [5, 5.41) is 6.26. The van der Waals surface area contributed by atoms with Crippen molar-refractivity contribution in [1.82, 2.24) is 19.9 Å². The Hall–Kier alpha value is -6.56. The molecule has 0 bridgehead atoms. The van der Waals surface area contributed by atoms with Crippen LogP contribution in [0.25, 0.3) is 97.9 Å². The molecule has 0 aliphatic heterocycles. The molecule has 10 aromatic rings. The number of rotatable bonds is 5. The van der Waals surface area contributed by atoms with Crippen LogP contribution in [-0.2, 0) is 0 Å². The molecule has 4 nitrogen and oxygen atoms in total. The number of hydrogen-bond donors (Lipinski definition) is 0. The van der Waals surface area contributed by atoms with Gasteiger partial charge in [-0.1, -0.05) is 91.0 Å². The van der Waals surface area contributed by atoms with E-state index in [1.807, 2.05) is 35.6 Å². The van der Waals surface area contributed by atoms with E-state index in [1.165, 1.54) is 36.3 Å². The molecule has 0 N–H and O–H groups in total. The van der Waals surface area contributed by atoms with Gasteiger partial charge in [0.25, 0.3) is 0 Å². The summed E-state index contributed by atoms with van der Waals surface area (Å²) >= 11 is 1.87. The smallest absolute Gasteiger partial charge is 0.0788 e. The molecule has 5 heterocycles. The Bertz CT molecular complexity index is 2840. The third-order valence-electron chi connectivity index (χ3n) is 9.67. The molecule has 51 heavy (non-hydrogen) atoms. The van der Waals surface area contributed by atoms with E-state index < -0.39 is 0 Å². The summed E-state index contributed by atoms with van der Waals surface area (Å²) in [6, 6.07) is 51.7. The summed E-state index contributed by atoms with van der Waals surface area (Å²) in [5.74, 6) is 0. The van der Waals surface area contributed by atoms with Gasteiger partial charge in [0.15, 0.2) is 0 Å². The van der Waals surface area contributed by atoms with E-state index in [-0.39, 0.29) is 0 Å². The number of hydrogen-bond acceptors (Lipinski definition) is 5. The molecule has 0 amide bonds. The molecule has 0 saturated heterocycles. The second-order valence-corrected chi connectivity index (χ2v) is 13.7. The van der Waals surface area contributed by atoms with Gasteiger partial charge in [-0.25, -0.2) is 9.97 Å². The largest absolute Gasteiger partial charge is 0.265 e. The van der Waals surface area contributed by atoms with Crippen molar-refractivity contribution in [2.75, 3.05) is 0 Å². The third kappa shape index (κ3) is 5.14. The molecule has 0 atom stereocenters. The van der Waals surface area contributed by atoms with Crippen molar-refractivity contribution in [3.63, 3.8) is 0 Å². The average Bonchev–Trinajstić information content (AvgIpc) is 3.60. The van der Waals surface area contributed by atoms with Crippen molar-refractivity contribution in [2.45, 2.75) is 0 Å². The highest BCUT2D eigenvalue weighted by Crippen LogP contribution is 2.43. The van der Waals surface area contributed by atoms with Crippen LogP contribution in [0.15, 0.2) is 170 Å². The Morgan fingerprint density at radius 2 is 0.980 bits per heavy atom.